The molecule has 0 bridgehead atoms. The molecule has 0 spiro atoms. The first-order chi connectivity index (χ1) is 11.1. The summed E-state index contributed by atoms with van der Waals surface area (Å²) in [4.78, 5) is 12.1. The number of nitrogens with zero attached hydrogens (tertiary/aromatic N) is 1. The number of hydrogen-bond acceptors (Lipinski definition) is 3. The van der Waals surface area contributed by atoms with Crippen LogP contribution in [0.15, 0.2) is 36.4 Å². The summed E-state index contributed by atoms with van der Waals surface area (Å²) in [5, 5.41) is 9.62. The Kier molecular flexibility index (Phi) is 4.79. The number of nitrogens with two attached hydrogens (primary N) is 2. The zero-order valence-electron chi connectivity index (χ0n) is 12.1. The van der Waals surface area contributed by atoms with Crippen molar-refractivity contribution in [1.82, 2.24) is 0 Å². The third-order valence-corrected chi connectivity index (χ3v) is 3.62. The number of benzene rings is 2. The van der Waals surface area contributed by atoms with Gasteiger partial charge in [-0.2, -0.15) is 13.2 Å². The normalized spacial score (nSPS) is 11.3. The van der Waals surface area contributed by atoms with Crippen molar-refractivity contribution in [2.24, 2.45) is 0 Å². The lowest BCUT2D eigenvalue weighted by atomic mass is 10.1. The molecule has 0 atom stereocenters. The van der Waals surface area contributed by atoms with Crippen LogP contribution < -0.4 is 16.4 Å². The quantitative estimate of drug-likeness (QED) is 0.716. The summed E-state index contributed by atoms with van der Waals surface area (Å²) < 4.78 is 39.9. The second-order valence-corrected chi connectivity index (χ2v) is 5.37. The van der Waals surface area contributed by atoms with Crippen LogP contribution in [0.4, 0.5) is 35.0 Å². The molecular weight excluding hydrogens is 347 g/mol. The molecule has 128 valence electrons. The summed E-state index contributed by atoms with van der Waals surface area (Å²) in [6.45, 7) is -0.397. The first-order valence-electron chi connectivity index (χ1n) is 6.61. The highest BCUT2D eigenvalue weighted by Gasteiger charge is 2.38. The van der Waals surface area contributed by atoms with E-state index in [-0.39, 0.29) is 10.7 Å². The summed E-state index contributed by atoms with van der Waals surface area (Å²) in [5.74, 6) is 0. The average molecular weight is 360 g/mol. The maximum atomic E-state index is 13.3. The maximum absolute atomic E-state index is 13.3. The SMILES string of the molecule is Nc1cc(N)c(N(Cc2ccccc2Cl)C(=O)O)c(C(F)(F)F)c1. The smallest absolute Gasteiger partial charge is 0.418 e. The highest BCUT2D eigenvalue weighted by Crippen LogP contribution is 2.42. The van der Waals surface area contributed by atoms with Crippen LogP contribution in [-0.2, 0) is 12.7 Å². The Morgan fingerprint density at radius 1 is 1.21 bits per heavy atom. The van der Waals surface area contributed by atoms with Gasteiger partial charge in [-0.15, -0.1) is 0 Å². The van der Waals surface area contributed by atoms with Crippen LogP contribution >= 0.6 is 11.6 Å². The molecule has 0 radical (unpaired) electrons. The van der Waals surface area contributed by atoms with Gasteiger partial charge in [0, 0.05) is 10.7 Å². The van der Waals surface area contributed by atoms with Gasteiger partial charge in [0.15, 0.2) is 0 Å². The zero-order valence-corrected chi connectivity index (χ0v) is 12.9. The molecular formula is C15H13ClF3N3O2. The monoisotopic (exact) mass is 359 g/mol. The lowest BCUT2D eigenvalue weighted by Crippen LogP contribution is -2.31. The minimum atomic E-state index is -4.83. The van der Waals surface area contributed by atoms with Gasteiger partial charge in [-0.25, -0.2) is 4.79 Å². The molecule has 0 saturated heterocycles. The fourth-order valence-electron chi connectivity index (χ4n) is 2.24. The molecule has 0 aromatic heterocycles. The number of rotatable bonds is 3. The van der Waals surface area contributed by atoms with Gasteiger partial charge in [0.05, 0.1) is 23.5 Å². The molecule has 0 aliphatic heterocycles. The molecule has 0 aliphatic carbocycles. The molecule has 5 N–H and O–H groups in total. The second kappa shape index (κ2) is 6.48. The lowest BCUT2D eigenvalue weighted by molar-refractivity contribution is -0.137. The lowest BCUT2D eigenvalue weighted by Gasteiger charge is -2.25. The molecule has 2 rings (SSSR count). The van der Waals surface area contributed by atoms with E-state index in [1.165, 1.54) is 12.1 Å². The molecule has 1 amide bonds. The van der Waals surface area contributed by atoms with Crippen LogP contribution in [0.2, 0.25) is 5.02 Å². The van der Waals surface area contributed by atoms with Gasteiger partial charge >= 0.3 is 12.3 Å². The van der Waals surface area contributed by atoms with E-state index in [9.17, 15) is 23.1 Å². The molecule has 0 fully saturated rings. The Hall–Kier alpha value is -2.61. The van der Waals surface area contributed by atoms with Crippen molar-refractivity contribution >= 4 is 34.8 Å². The van der Waals surface area contributed by atoms with Gasteiger partial charge in [-0.1, -0.05) is 29.8 Å². The van der Waals surface area contributed by atoms with E-state index in [2.05, 4.69) is 0 Å². The first-order valence-corrected chi connectivity index (χ1v) is 6.99. The Morgan fingerprint density at radius 2 is 1.83 bits per heavy atom. The highest BCUT2D eigenvalue weighted by atomic mass is 35.5. The third kappa shape index (κ3) is 3.65. The van der Waals surface area contributed by atoms with Gasteiger partial charge in [-0.3, -0.25) is 4.90 Å². The van der Waals surface area contributed by atoms with Crippen LogP contribution in [0, 0.1) is 0 Å². The van der Waals surface area contributed by atoms with E-state index in [0.29, 0.717) is 16.5 Å². The number of carbonyl (C=O) groups is 1. The predicted molar refractivity (Wildman–Crippen MR) is 85.9 cm³/mol. The van der Waals surface area contributed by atoms with E-state index in [4.69, 9.17) is 23.1 Å². The van der Waals surface area contributed by atoms with E-state index in [1.54, 1.807) is 12.1 Å². The van der Waals surface area contributed by atoms with Crippen molar-refractivity contribution in [2.45, 2.75) is 12.7 Å². The summed E-state index contributed by atoms with van der Waals surface area (Å²) >= 11 is 5.96. The molecule has 2 aromatic rings. The molecule has 0 unspecified atom stereocenters. The standard InChI is InChI=1S/C15H13ClF3N3O2/c16-11-4-2-1-3-8(11)7-22(14(23)24)13-10(15(17,18)19)5-9(20)6-12(13)21/h1-6H,7,20-21H2,(H,23,24). The number of anilines is 3. The number of nitrogen functional groups attached to an aromatic ring is 2. The van der Waals surface area contributed by atoms with E-state index in [0.717, 1.165) is 6.07 Å². The van der Waals surface area contributed by atoms with Gasteiger partial charge in [0.25, 0.3) is 0 Å². The third-order valence-electron chi connectivity index (χ3n) is 3.25. The molecule has 24 heavy (non-hydrogen) atoms. The van der Waals surface area contributed by atoms with Crippen molar-refractivity contribution < 1.29 is 23.1 Å². The van der Waals surface area contributed by atoms with Crippen molar-refractivity contribution in [3.05, 3.63) is 52.5 Å². The summed E-state index contributed by atoms with van der Waals surface area (Å²) in [6, 6.07) is 7.96. The van der Waals surface area contributed by atoms with Crippen LogP contribution in [0.3, 0.4) is 0 Å². The van der Waals surface area contributed by atoms with Crippen molar-refractivity contribution in [3.8, 4) is 0 Å². The van der Waals surface area contributed by atoms with Gasteiger partial charge in [-0.05, 0) is 23.8 Å². The largest absolute Gasteiger partial charge is 0.465 e. The summed E-state index contributed by atoms with van der Waals surface area (Å²) in [6.07, 6.45) is -6.43. The summed E-state index contributed by atoms with van der Waals surface area (Å²) in [5.41, 5.74) is 8.87. The number of alkyl halides is 3. The molecule has 0 heterocycles. The Morgan fingerprint density at radius 3 is 2.38 bits per heavy atom. The second-order valence-electron chi connectivity index (χ2n) is 4.96. The van der Waals surface area contributed by atoms with Crippen LogP contribution in [0.25, 0.3) is 0 Å². The summed E-state index contributed by atoms with van der Waals surface area (Å²) in [7, 11) is 0. The molecule has 5 nitrogen and oxygen atoms in total. The minimum absolute atomic E-state index is 0.216. The highest BCUT2D eigenvalue weighted by molar-refractivity contribution is 6.31. The van der Waals surface area contributed by atoms with Crippen LogP contribution in [-0.4, -0.2) is 11.2 Å². The number of carboxylic acid groups (broad SMARTS) is 1. The van der Waals surface area contributed by atoms with Gasteiger partial charge in [0.1, 0.15) is 0 Å². The van der Waals surface area contributed by atoms with Crippen molar-refractivity contribution in [1.29, 1.82) is 0 Å². The molecule has 0 saturated carbocycles. The Labute approximate surface area is 140 Å². The fraction of sp³-hybridized carbons (Fsp3) is 0.133. The van der Waals surface area contributed by atoms with E-state index < -0.39 is 35.8 Å². The molecule has 0 aliphatic rings. The zero-order chi connectivity index (χ0) is 18.1. The number of hydrogen-bond donors (Lipinski definition) is 3. The molecule has 2 aromatic carbocycles. The van der Waals surface area contributed by atoms with Crippen molar-refractivity contribution in [3.63, 3.8) is 0 Å². The van der Waals surface area contributed by atoms with E-state index in [1.807, 2.05) is 0 Å². The van der Waals surface area contributed by atoms with Crippen LogP contribution in [0.1, 0.15) is 11.1 Å². The van der Waals surface area contributed by atoms with Crippen molar-refractivity contribution in [2.75, 3.05) is 16.4 Å². The van der Waals surface area contributed by atoms with Gasteiger partial charge < -0.3 is 16.6 Å². The fourth-order valence-corrected chi connectivity index (χ4v) is 2.43. The van der Waals surface area contributed by atoms with E-state index >= 15 is 0 Å². The Balaban J connectivity index is 2.61. The first kappa shape index (κ1) is 17.7. The predicted octanol–water partition coefficient (Wildman–Crippen LogP) is 4.21. The Bertz CT molecular complexity index is 781. The average Bonchev–Trinajstić information content (AvgIpc) is 2.45. The number of amides is 1. The van der Waals surface area contributed by atoms with Gasteiger partial charge in [0.2, 0.25) is 0 Å². The van der Waals surface area contributed by atoms with Crippen LogP contribution in [0.5, 0.6) is 0 Å². The topological polar surface area (TPSA) is 92.6 Å². The molecule has 9 heteroatoms. The minimum Gasteiger partial charge on any atom is -0.465 e. The maximum Gasteiger partial charge on any atom is 0.418 e. The number of halogens is 4.